The Bertz CT molecular complexity index is 1010. The predicted molar refractivity (Wildman–Crippen MR) is 142 cm³/mol. The molecule has 36 heavy (non-hydrogen) atoms. The van der Waals surface area contributed by atoms with E-state index in [4.69, 9.17) is 4.74 Å². The van der Waals surface area contributed by atoms with E-state index in [1.54, 1.807) is 25.7 Å². The molecule has 2 N–H and O–H groups in total. The van der Waals surface area contributed by atoms with Gasteiger partial charge in [0.2, 0.25) is 11.8 Å². The number of nitrogens with zero attached hydrogens (tertiary/aromatic N) is 1. The third-order valence-electron chi connectivity index (χ3n) is 5.28. The van der Waals surface area contributed by atoms with Crippen molar-refractivity contribution in [1.29, 1.82) is 0 Å². The Morgan fingerprint density at radius 2 is 1.36 bits per heavy atom. The summed E-state index contributed by atoms with van der Waals surface area (Å²) in [7, 11) is 0. The van der Waals surface area contributed by atoms with Crippen LogP contribution in [0.5, 0.6) is 0 Å². The third-order valence-corrected chi connectivity index (χ3v) is 5.28. The van der Waals surface area contributed by atoms with Crippen LogP contribution in [0.25, 0.3) is 0 Å². The summed E-state index contributed by atoms with van der Waals surface area (Å²) in [4.78, 5) is 42.1. The van der Waals surface area contributed by atoms with E-state index in [-0.39, 0.29) is 24.3 Å². The summed E-state index contributed by atoms with van der Waals surface area (Å²) >= 11 is 0. The predicted octanol–water partition coefficient (Wildman–Crippen LogP) is 5.02. The van der Waals surface area contributed by atoms with E-state index in [2.05, 4.69) is 10.6 Å². The maximum absolute atomic E-state index is 14.3. The highest BCUT2D eigenvalue weighted by Gasteiger charge is 2.42. The van der Waals surface area contributed by atoms with Crippen LogP contribution in [-0.2, 0) is 20.7 Å². The third kappa shape index (κ3) is 8.70. The van der Waals surface area contributed by atoms with Gasteiger partial charge in [-0.05, 0) is 66.5 Å². The summed E-state index contributed by atoms with van der Waals surface area (Å²) in [5.74, 6) is -0.653. The van der Waals surface area contributed by atoms with Gasteiger partial charge in [-0.1, -0.05) is 60.7 Å². The van der Waals surface area contributed by atoms with Crippen molar-refractivity contribution in [2.45, 2.75) is 91.1 Å². The number of carbonyl (C=O) groups excluding carboxylic acids is 3. The smallest absolute Gasteiger partial charge is 0.408 e. The van der Waals surface area contributed by atoms with Crippen molar-refractivity contribution in [3.63, 3.8) is 0 Å². The molecule has 0 aliphatic carbocycles. The molecular formula is C29H41N3O4. The van der Waals surface area contributed by atoms with Crippen LogP contribution in [0.4, 0.5) is 4.79 Å². The first-order valence-corrected chi connectivity index (χ1v) is 12.4. The molecule has 0 aliphatic heterocycles. The molecule has 0 fully saturated rings. The Kier molecular flexibility index (Phi) is 9.68. The van der Waals surface area contributed by atoms with Gasteiger partial charge in [0.15, 0.2) is 0 Å². The molecule has 2 atom stereocenters. The highest BCUT2D eigenvalue weighted by Crippen LogP contribution is 2.30. The van der Waals surface area contributed by atoms with Gasteiger partial charge in [0.05, 0.1) is 0 Å². The van der Waals surface area contributed by atoms with E-state index in [1.807, 2.05) is 95.3 Å². The first-order valence-electron chi connectivity index (χ1n) is 12.4. The summed E-state index contributed by atoms with van der Waals surface area (Å²) in [6.45, 7) is 14.7. The Morgan fingerprint density at radius 3 is 1.83 bits per heavy atom. The van der Waals surface area contributed by atoms with Crippen LogP contribution in [0.15, 0.2) is 60.7 Å². The number of ether oxygens (including phenoxy) is 1. The van der Waals surface area contributed by atoms with Gasteiger partial charge in [0.1, 0.15) is 17.7 Å². The minimum absolute atomic E-state index is 0.111. The summed E-state index contributed by atoms with van der Waals surface area (Å²) < 4.78 is 5.47. The lowest BCUT2D eigenvalue weighted by Gasteiger charge is -2.43. The highest BCUT2D eigenvalue weighted by atomic mass is 16.6. The number of nitrogens with one attached hydrogen (secondary N) is 2. The molecule has 7 heteroatoms. The molecule has 196 valence electrons. The number of amides is 3. The molecule has 0 aliphatic rings. The second-order valence-electron chi connectivity index (χ2n) is 11.2. The summed E-state index contributed by atoms with van der Waals surface area (Å²) in [6, 6.07) is 16.7. The standard InChI is InChI=1S/C29H41N3O4/c1-20(2)30-25(33)24(22-17-13-10-14-18-22)32(28(3,4)5)26(34)23(19-21-15-11-9-12-16-21)31-27(35)36-29(6,7)8/h9-18,20,23-24H,19H2,1-8H3,(H,30,33)(H,31,35). The Morgan fingerprint density at radius 1 is 0.833 bits per heavy atom. The van der Waals surface area contributed by atoms with Crippen LogP contribution in [-0.4, -0.2) is 46.0 Å². The fraction of sp³-hybridized carbons (Fsp3) is 0.483. The zero-order valence-corrected chi connectivity index (χ0v) is 22.8. The molecule has 0 radical (unpaired) electrons. The first-order chi connectivity index (χ1) is 16.7. The summed E-state index contributed by atoms with van der Waals surface area (Å²) in [5.41, 5.74) is 0.104. The average molecular weight is 496 g/mol. The summed E-state index contributed by atoms with van der Waals surface area (Å²) in [6.07, 6.45) is -0.438. The van der Waals surface area contributed by atoms with Crippen LogP contribution < -0.4 is 10.6 Å². The molecule has 0 saturated heterocycles. The van der Waals surface area contributed by atoms with Crippen LogP contribution in [0, 0.1) is 0 Å². The van der Waals surface area contributed by atoms with Crippen molar-refractivity contribution in [2.75, 3.05) is 0 Å². The molecule has 2 aromatic rings. The quantitative estimate of drug-likeness (QED) is 0.539. The Hall–Kier alpha value is -3.35. The van der Waals surface area contributed by atoms with Crippen LogP contribution in [0.1, 0.15) is 72.6 Å². The lowest BCUT2D eigenvalue weighted by Crippen LogP contribution is -2.59. The molecular weight excluding hydrogens is 454 g/mol. The van der Waals surface area contributed by atoms with E-state index < -0.39 is 29.3 Å². The maximum atomic E-state index is 14.3. The van der Waals surface area contributed by atoms with Crippen LogP contribution >= 0.6 is 0 Å². The molecule has 0 heterocycles. The molecule has 0 bridgehead atoms. The fourth-order valence-electron chi connectivity index (χ4n) is 3.93. The van der Waals surface area contributed by atoms with Crippen molar-refractivity contribution in [3.8, 4) is 0 Å². The lowest BCUT2D eigenvalue weighted by atomic mass is 9.94. The SMILES string of the molecule is CC(C)NC(=O)C(c1ccccc1)N(C(=O)C(Cc1ccccc1)NC(=O)OC(C)(C)C)C(C)(C)C. The normalized spacial score (nSPS) is 13.5. The first kappa shape index (κ1) is 28.9. The topological polar surface area (TPSA) is 87.7 Å². The van der Waals surface area contributed by atoms with Gasteiger partial charge < -0.3 is 20.3 Å². The van der Waals surface area contributed by atoms with Gasteiger partial charge in [-0.3, -0.25) is 9.59 Å². The molecule has 7 nitrogen and oxygen atoms in total. The van der Waals surface area contributed by atoms with Gasteiger partial charge in [-0.25, -0.2) is 4.79 Å². The number of carbonyl (C=O) groups is 3. The zero-order chi connectivity index (χ0) is 27.1. The molecule has 0 spiro atoms. The number of rotatable bonds is 8. The Balaban J connectivity index is 2.56. The van der Waals surface area contributed by atoms with E-state index >= 15 is 0 Å². The van der Waals surface area contributed by atoms with Crippen molar-refractivity contribution < 1.29 is 19.1 Å². The van der Waals surface area contributed by atoms with E-state index in [0.717, 1.165) is 5.56 Å². The average Bonchev–Trinajstić information content (AvgIpc) is 2.75. The lowest BCUT2D eigenvalue weighted by molar-refractivity contribution is -0.148. The van der Waals surface area contributed by atoms with E-state index in [1.165, 1.54) is 0 Å². The number of hydrogen-bond donors (Lipinski definition) is 2. The molecule has 2 rings (SSSR count). The van der Waals surface area contributed by atoms with Crippen LogP contribution in [0.3, 0.4) is 0 Å². The van der Waals surface area contributed by atoms with Gasteiger partial charge in [0.25, 0.3) is 0 Å². The molecule has 3 amide bonds. The van der Waals surface area contributed by atoms with Crippen molar-refractivity contribution in [2.24, 2.45) is 0 Å². The largest absolute Gasteiger partial charge is 0.444 e. The van der Waals surface area contributed by atoms with Gasteiger partial charge in [-0.2, -0.15) is 0 Å². The second kappa shape index (κ2) is 12.1. The van der Waals surface area contributed by atoms with Gasteiger partial charge >= 0.3 is 6.09 Å². The van der Waals surface area contributed by atoms with E-state index in [9.17, 15) is 14.4 Å². The van der Waals surface area contributed by atoms with Crippen molar-refractivity contribution in [3.05, 3.63) is 71.8 Å². The zero-order valence-electron chi connectivity index (χ0n) is 22.8. The number of alkyl carbamates (subject to hydrolysis) is 1. The molecule has 0 saturated carbocycles. The molecule has 0 aromatic heterocycles. The van der Waals surface area contributed by atoms with Crippen LogP contribution in [0.2, 0.25) is 0 Å². The molecule has 2 aromatic carbocycles. The fourth-order valence-corrected chi connectivity index (χ4v) is 3.93. The minimum atomic E-state index is -0.945. The highest BCUT2D eigenvalue weighted by molar-refractivity contribution is 5.93. The number of benzene rings is 2. The van der Waals surface area contributed by atoms with Crippen molar-refractivity contribution in [1.82, 2.24) is 15.5 Å². The van der Waals surface area contributed by atoms with Gasteiger partial charge in [-0.15, -0.1) is 0 Å². The second-order valence-corrected chi connectivity index (χ2v) is 11.2. The van der Waals surface area contributed by atoms with Gasteiger partial charge in [0, 0.05) is 18.0 Å². The maximum Gasteiger partial charge on any atom is 0.408 e. The monoisotopic (exact) mass is 495 g/mol. The number of hydrogen-bond acceptors (Lipinski definition) is 4. The van der Waals surface area contributed by atoms with Crippen molar-refractivity contribution >= 4 is 17.9 Å². The minimum Gasteiger partial charge on any atom is -0.444 e. The van der Waals surface area contributed by atoms with E-state index in [0.29, 0.717) is 5.56 Å². The molecule has 2 unspecified atom stereocenters. The summed E-state index contributed by atoms with van der Waals surface area (Å²) in [5, 5.41) is 5.74. The Labute approximate surface area is 215 Å².